The number of hydrogen-bond donors (Lipinski definition) is 2. The number of nitrogens with zero attached hydrogens (tertiary/aromatic N) is 2. The molecule has 138 valence electrons. The van der Waals surface area contributed by atoms with E-state index in [0.717, 1.165) is 22.6 Å². The van der Waals surface area contributed by atoms with Crippen molar-refractivity contribution in [3.05, 3.63) is 52.3 Å². The molecule has 2 N–H and O–H groups in total. The fourth-order valence-corrected chi connectivity index (χ4v) is 2.72. The molecule has 6 heteroatoms. The molecular formula is C20H26N4O2. The smallest absolute Gasteiger partial charge is 0.329 e. The Bertz CT molecular complexity index is 863. The number of hydrogen-bond acceptors (Lipinski definition) is 3. The van der Waals surface area contributed by atoms with E-state index in [2.05, 4.69) is 52.5 Å². The lowest BCUT2D eigenvalue weighted by molar-refractivity contribution is -0.139. The highest BCUT2D eigenvalue weighted by Gasteiger charge is 2.14. The van der Waals surface area contributed by atoms with Gasteiger partial charge < -0.3 is 9.88 Å². The zero-order valence-corrected chi connectivity index (χ0v) is 16.2. The number of aryl methyl sites for hydroxylation is 3. The first-order valence-corrected chi connectivity index (χ1v) is 8.61. The van der Waals surface area contributed by atoms with Crippen molar-refractivity contribution in [3.8, 4) is 5.69 Å². The maximum Gasteiger partial charge on any atom is 0.329 e. The van der Waals surface area contributed by atoms with E-state index in [1.54, 1.807) is 20.1 Å². The quantitative estimate of drug-likeness (QED) is 0.503. The molecule has 1 heterocycles. The number of carbonyl (C=O) groups excluding carboxylic acids is 2. The van der Waals surface area contributed by atoms with Crippen LogP contribution in [0.15, 0.2) is 29.4 Å². The Morgan fingerprint density at radius 1 is 1.04 bits per heavy atom. The van der Waals surface area contributed by atoms with Crippen molar-refractivity contribution in [2.75, 3.05) is 0 Å². The number of aromatic nitrogens is 1. The lowest BCUT2D eigenvalue weighted by Crippen LogP contribution is -2.41. The van der Waals surface area contributed by atoms with Gasteiger partial charge in [0, 0.05) is 28.7 Å². The van der Waals surface area contributed by atoms with Gasteiger partial charge >= 0.3 is 11.8 Å². The van der Waals surface area contributed by atoms with Crippen molar-refractivity contribution in [2.24, 2.45) is 5.10 Å². The summed E-state index contributed by atoms with van der Waals surface area (Å²) in [7, 11) is 0. The SMILES string of the molecule is Cc1ccc(-n2c(C)cc(/C=N/NC(=O)C(=O)NC(C)C)c2C)cc1C. The van der Waals surface area contributed by atoms with Gasteiger partial charge in [-0.1, -0.05) is 6.07 Å². The molecule has 2 aromatic rings. The summed E-state index contributed by atoms with van der Waals surface area (Å²) in [5.74, 6) is -1.48. The molecule has 0 aliphatic heterocycles. The van der Waals surface area contributed by atoms with Crippen LogP contribution in [-0.4, -0.2) is 28.6 Å². The number of amides is 2. The average Bonchev–Trinajstić information content (AvgIpc) is 2.83. The third kappa shape index (κ3) is 4.39. The summed E-state index contributed by atoms with van der Waals surface area (Å²) in [5, 5.41) is 6.43. The van der Waals surface area contributed by atoms with E-state index in [1.165, 1.54) is 11.1 Å². The highest BCUT2D eigenvalue weighted by Crippen LogP contribution is 2.21. The second-order valence-electron chi connectivity index (χ2n) is 6.76. The number of carbonyl (C=O) groups is 2. The molecule has 0 unspecified atom stereocenters. The zero-order valence-electron chi connectivity index (χ0n) is 16.2. The minimum atomic E-state index is -0.780. The van der Waals surface area contributed by atoms with Crippen LogP contribution >= 0.6 is 0 Å². The standard InChI is InChI=1S/C20H26N4O2/c1-12(2)22-19(25)20(26)23-21-11-17-10-15(5)24(16(17)6)18-8-7-13(3)14(4)9-18/h7-12H,1-6H3,(H,22,25)(H,23,26)/b21-11+. The van der Waals surface area contributed by atoms with Crippen molar-refractivity contribution in [1.29, 1.82) is 0 Å². The Morgan fingerprint density at radius 3 is 2.35 bits per heavy atom. The molecule has 0 bridgehead atoms. The highest BCUT2D eigenvalue weighted by molar-refractivity contribution is 6.35. The second-order valence-corrected chi connectivity index (χ2v) is 6.76. The van der Waals surface area contributed by atoms with Crippen molar-refractivity contribution < 1.29 is 9.59 Å². The first kappa shape index (κ1) is 19.4. The van der Waals surface area contributed by atoms with E-state index in [9.17, 15) is 9.59 Å². The molecule has 2 rings (SSSR count). The summed E-state index contributed by atoms with van der Waals surface area (Å²) in [4.78, 5) is 23.2. The van der Waals surface area contributed by atoms with E-state index >= 15 is 0 Å². The van der Waals surface area contributed by atoms with Crippen LogP contribution in [0.25, 0.3) is 5.69 Å². The number of rotatable bonds is 4. The molecule has 0 radical (unpaired) electrons. The van der Waals surface area contributed by atoms with E-state index in [0.29, 0.717) is 0 Å². The molecule has 0 fully saturated rings. The van der Waals surface area contributed by atoms with Crippen LogP contribution in [0.2, 0.25) is 0 Å². The van der Waals surface area contributed by atoms with Gasteiger partial charge in [0.1, 0.15) is 0 Å². The molecule has 0 spiro atoms. The van der Waals surface area contributed by atoms with Gasteiger partial charge in [0.2, 0.25) is 0 Å². The van der Waals surface area contributed by atoms with Gasteiger partial charge in [-0.25, -0.2) is 5.43 Å². The van der Waals surface area contributed by atoms with Crippen LogP contribution in [0, 0.1) is 27.7 Å². The predicted octanol–water partition coefficient (Wildman–Crippen LogP) is 2.69. The van der Waals surface area contributed by atoms with E-state index in [1.807, 2.05) is 19.9 Å². The summed E-state index contributed by atoms with van der Waals surface area (Å²) >= 11 is 0. The van der Waals surface area contributed by atoms with Gasteiger partial charge in [0.25, 0.3) is 0 Å². The third-order valence-corrected chi connectivity index (χ3v) is 4.21. The topological polar surface area (TPSA) is 75.5 Å². The second kappa shape index (κ2) is 7.99. The van der Waals surface area contributed by atoms with Crippen molar-refractivity contribution in [1.82, 2.24) is 15.3 Å². The monoisotopic (exact) mass is 354 g/mol. The molecule has 6 nitrogen and oxygen atoms in total. The van der Waals surface area contributed by atoms with Gasteiger partial charge in [-0.15, -0.1) is 0 Å². The molecule has 1 aromatic heterocycles. The molecule has 0 atom stereocenters. The van der Waals surface area contributed by atoms with Crippen molar-refractivity contribution in [3.63, 3.8) is 0 Å². The normalized spacial score (nSPS) is 11.2. The van der Waals surface area contributed by atoms with Gasteiger partial charge in [0.05, 0.1) is 6.21 Å². The van der Waals surface area contributed by atoms with Gasteiger partial charge in [-0.3, -0.25) is 9.59 Å². The minimum Gasteiger partial charge on any atom is -0.346 e. The van der Waals surface area contributed by atoms with Crippen molar-refractivity contribution in [2.45, 2.75) is 47.6 Å². The fraction of sp³-hybridized carbons (Fsp3) is 0.350. The Morgan fingerprint density at radius 2 is 1.73 bits per heavy atom. The Kier molecular flexibility index (Phi) is 5.97. The lowest BCUT2D eigenvalue weighted by atomic mass is 10.1. The summed E-state index contributed by atoms with van der Waals surface area (Å²) in [6.07, 6.45) is 1.56. The maximum atomic E-state index is 11.7. The van der Waals surface area contributed by atoms with Gasteiger partial charge in [0.15, 0.2) is 0 Å². The zero-order chi connectivity index (χ0) is 19.4. The first-order chi connectivity index (χ1) is 12.2. The maximum absolute atomic E-state index is 11.7. The van der Waals surface area contributed by atoms with E-state index < -0.39 is 11.8 Å². The average molecular weight is 354 g/mol. The van der Waals surface area contributed by atoms with Gasteiger partial charge in [-0.05, 0) is 70.9 Å². The first-order valence-electron chi connectivity index (χ1n) is 8.61. The molecule has 0 saturated heterocycles. The minimum absolute atomic E-state index is 0.103. The molecule has 2 amide bonds. The van der Waals surface area contributed by atoms with Crippen LogP contribution in [0.3, 0.4) is 0 Å². The predicted molar refractivity (Wildman–Crippen MR) is 104 cm³/mol. The summed E-state index contributed by atoms with van der Waals surface area (Å²) in [6, 6.07) is 8.23. The molecule has 0 saturated carbocycles. The van der Waals surface area contributed by atoms with E-state index in [-0.39, 0.29) is 6.04 Å². The fourth-order valence-electron chi connectivity index (χ4n) is 2.72. The third-order valence-electron chi connectivity index (χ3n) is 4.21. The lowest BCUT2D eigenvalue weighted by Gasteiger charge is -2.11. The van der Waals surface area contributed by atoms with E-state index in [4.69, 9.17) is 0 Å². The molecule has 26 heavy (non-hydrogen) atoms. The molecule has 0 aliphatic rings. The summed E-state index contributed by atoms with van der Waals surface area (Å²) < 4.78 is 2.14. The number of benzene rings is 1. The summed E-state index contributed by atoms with van der Waals surface area (Å²) in [5.41, 5.74) is 8.78. The van der Waals surface area contributed by atoms with Crippen LogP contribution in [0.1, 0.15) is 41.9 Å². The van der Waals surface area contributed by atoms with Crippen LogP contribution in [-0.2, 0) is 9.59 Å². The Balaban J connectivity index is 2.18. The van der Waals surface area contributed by atoms with Crippen LogP contribution in [0.5, 0.6) is 0 Å². The highest BCUT2D eigenvalue weighted by atomic mass is 16.2. The summed E-state index contributed by atoms with van der Waals surface area (Å²) in [6.45, 7) is 11.8. The van der Waals surface area contributed by atoms with Crippen LogP contribution in [0.4, 0.5) is 0 Å². The molecular weight excluding hydrogens is 328 g/mol. The number of hydrazone groups is 1. The molecule has 0 aliphatic carbocycles. The van der Waals surface area contributed by atoms with Crippen LogP contribution < -0.4 is 10.7 Å². The number of nitrogens with one attached hydrogen (secondary N) is 2. The van der Waals surface area contributed by atoms with Gasteiger partial charge in [-0.2, -0.15) is 5.10 Å². The Hall–Kier alpha value is -2.89. The molecule has 1 aromatic carbocycles. The largest absolute Gasteiger partial charge is 0.346 e. The Labute approximate surface area is 154 Å². The van der Waals surface area contributed by atoms with Crippen molar-refractivity contribution >= 4 is 18.0 Å².